The van der Waals surface area contributed by atoms with Gasteiger partial charge >= 0.3 is 0 Å². The van der Waals surface area contributed by atoms with Crippen LogP contribution in [0, 0.1) is 0 Å². The molecule has 0 atom stereocenters. The predicted molar refractivity (Wildman–Crippen MR) is 120 cm³/mol. The first-order valence-electron chi connectivity index (χ1n) is 10.2. The number of guanidine groups is 1. The third kappa shape index (κ3) is 6.22. The molecule has 7 heteroatoms. The van der Waals surface area contributed by atoms with Crippen molar-refractivity contribution in [1.82, 2.24) is 15.5 Å². The van der Waals surface area contributed by atoms with Gasteiger partial charge in [0.2, 0.25) is 5.91 Å². The molecule has 1 aliphatic heterocycles. The maximum atomic E-state index is 11.7. The number of ether oxygens (including phenoxy) is 1. The van der Waals surface area contributed by atoms with Crippen LogP contribution in [0.15, 0.2) is 41.4 Å². The molecular formula is C22H30N4O2S. The van der Waals surface area contributed by atoms with Crippen LogP contribution in [0.25, 0.3) is 10.4 Å². The summed E-state index contributed by atoms with van der Waals surface area (Å²) in [5, 5.41) is 6.66. The van der Waals surface area contributed by atoms with Crippen LogP contribution in [0.3, 0.4) is 0 Å². The van der Waals surface area contributed by atoms with Gasteiger partial charge in [-0.15, -0.1) is 11.3 Å². The van der Waals surface area contributed by atoms with E-state index in [0.717, 1.165) is 50.7 Å². The van der Waals surface area contributed by atoms with Gasteiger partial charge in [0.15, 0.2) is 5.96 Å². The molecule has 1 amide bonds. The molecule has 1 aromatic heterocycles. The number of nitrogens with one attached hydrogen (secondary N) is 2. The number of benzene rings is 1. The van der Waals surface area contributed by atoms with Crippen LogP contribution in [0.2, 0.25) is 0 Å². The fourth-order valence-corrected chi connectivity index (χ4v) is 4.23. The van der Waals surface area contributed by atoms with Crippen LogP contribution in [-0.2, 0) is 11.3 Å². The number of carbonyl (C=O) groups excluding carboxylic acids is 1. The average Bonchev–Trinajstić information content (AvgIpc) is 3.38. The second-order valence-corrected chi connectivity index (χ2v) is 8.12. The molecule has 1 aromatic carbocycles. The molecule has 0 saturated carbocycles. The van der Waals surface area contributed by atoms with E-state index in [0.29, 0.717) is 13.0 Å². The Kier molecular flexibility index (Phi) is 7.93. The van der Waals surface area contributed by atoms with Crippen molar-refractivity contribution in [3.05, 3.63) is 41.3 Å². The molecule has 2 N–H and O–H groups in total. The van der Waals surface area contributed by atoms with E-state index >= 15 is 0 Å². The molecule has 2 heterocycles. The van der Waals surface area contributed by atoms with Gasteiger partial charge in [-0.05, 0) is 61.7 Å². The molecule has 156 valence electrons. The SMILES string of the molecule is CCNC(=NCc1ccc(-c2ccc(OC)cc2)s1)NCCCN1CCCC1=O. The summed E-state index contributed by atoms with van der Waals surface area (Å²) < 4.78 is 5.22. The summed E-state index contributed by atoms with van der Waals surface area (Å²) in [6, 6.07) is 12.4. The minimum atomic E-state index is 0.288. The van der Waals surface area contributed by atoms with Gasteiger partial charge in [-0.2, -0.15) is 0 Å². The molecule has 1 saturated heterocycles. The van der Waals surface area contributed by atoms with Crippen molar-refractivity contribution in [3.63, 3.8) is 0 Å². The lowest BCUT2D eigenvalue weighted by Gasteiger charge is -2.16. The fraction of sp³-hybridized carbons (Fsp3) is 0.455. The van der Waals surface area contributed by atoms with Crippen LogP contribution in [-0.4, -0.2) is 50.1 Å². The largest absolute Gasteiger partial charge is 0.497 e. The van der Waals surface area contributed by atoms with E-state index < -0.39 is 0 Å². The van der Waals surface area contributed by atoms with E-state index in [1.54, 1.807) is 18.4 Å². The monoisotopic (exact) mass is 414 g/mol. The van der Waals surface area contributed by atoms with Crippen molar-refractivity contribution >= 4 is 23.2 Å². The van der Waals surface area contributed by atoms with Gasteiger partial charge in [0.05, 0.1) is 13.7 Å². The Hall–Kier alpha value is -2.54. The molecule has 6 nitrogen and oxygen atoms in total. The first-order valence-corrected chi connectivity index (χ1v) is 11.0. The van der Waals surface area contributed by atoms with Gasteiger partial charge < -0.3 is 20.3 Å². The second-order valence-electron chi connectivity index (χ2n) is 6.95. The molecule has 0 aliphatic carbocycles. The Balaban J connectivity index is 1.50. The normalized spacial score (nSPS) is 14.3. The lowest BCUT2D eigenvalue weighted by Crippen LogP contribution is -2.38. The minimum absolute atomic E-state index is 0.288. The molecule has 1 aliphatic rings. The summed E-state index contributed by atoms with van der Waals surface area (Å²) >= 11 is 1.76. The van der Waals surface area contributed by atoms with E-state index in [9.17, 15) is 4.79 Å². The van der Waals surface area contributed by atoms with Gasteiger partial charge in [0.1, 0.15) is 5.75 Å². The Labute approximate surface area is 177 Å². The topological polar surface area (TPSA) is 66.0 Å². The molecule has 0 bridgehead atoms. The van der Waals surface area contributed by atoms with Crippen molar-refractivity contribution in [1.29, 1.82) is 0 Å². The van der Waals surface area contributed by atoms with Gasteiger partial charge in [-0.3, -0.25) is 4.79 Å². The molecule has 0 unspecified atom stereocenters. The zero-order valence-electron chi connectivity index (χ0n) is 17.2. The molecule has 0 spiro atoms. The quantitative estimate of drug-likeness (QED) is 0.374. The number of nitrogens with zero attached hydrogens (tertiary/aromatic N) is 2. The van der Waals surface area contributed by atoms with Crippen LogP contribution >= 0.6 is 11.3 Å². The van der Waals surface area contributed by atoms with E-state index in [1.165, 1.54) is 15.3 Å². The van der Waals surface area contributed by atoms with Gasteiger partial charge in [-0.1, -0.05) is 0 Å². The number of hydrogen-bond acceptors (Lipinski definition) is 4. The number of methoxy groups -OCH3 is 1. The number of hydrogen-bond donors (Lipinski definition) is 2. The fourth-order valence-electron chi connectivity index (χ4n) is 3.29. The van der Waals surface area contributed by atoms with Crippen LogP contribution in [0.5, 0.6) is 5.75 Å². The van der Waals surface area contributed by atoms with Gasteiger partial charge in [0, 0.05) is 42.4 Å². The zero-order chi connectivity index (χ0) is 20.5. The number of carbonyl (C=O) groups is 1. The minimum Gasteiger partial charge on any atom is -0.497 e. The summed E-state index contributed by atoms with van der Waals surface area (Å²) in [7, 11) is 1.68. The third-order valence-electron chi connectivity index (χ3n) is 4.84. The number of likely N-dealkylation sites (tertiary alicyclic amines) is 1. The Morgan fingerprint density at radius 1 is 1.21 bits per heavy atom. The van der Waals surface area contributed by atoms with E-state index in [1.807, 2.05) is 17.0 Å². The first kappa shape index (κ1) is 21.2. The maximum Gasteiger partial charge on any atom is 0.222 e. The number of aliphatic imine (C=N–C) groups is 1. The number of amides is 1. The first-order chi connectivity index (χ1) is 14.2. The van der Waals surface area contributed by atoms with Crippen molar-refractivity contribution in [3.8, 4) is 16.2 Å². The highest BCUT2D eigenvalue weighted by molar-refractivity contribution is 7.15. The van der Waals surface area contributed by atoms with Crippen molar-refractivity contribution < 1.29 is 9.53 Å². The summed E-state index contributed by atoms with van der Waals surface area (Å²) in [6.07, 6.45) is 2.63. The molecular weight excluding hydrogens is 384 g/mol. The van der Waals surface area contributed by atoms with Crippen molar-refractivity contribution in [2.24, 2.45) is 4.99 Å². The van der Waals surface area contributed by atoms with Crippen LogP contribution in [0.4, 0.5) is 0 Å². The van der Waals surface area contributed by atoms with E-state index in [4.69, 9.17) is 9.73 Å². The third-order valence-corrected chi connectivity index (χ3v) is 5.96. The number of thiophene rings is 1. The maximum absolute atomic E-state index is 11.7. The lowest BCUT2D eigenvalue weighted by atomic mass is 10.2. The predicted octanol–water partition coefficient (Wildman–Crippen LogP) is 3.49. The smallest absolute Gasteiger partial charge is 0.222 e. The average molecular weight is 415 g/mol. The van der Waals surface area contributed by atoms with Crippen molar-refractivity contribution in [2.45, 2.75) is 32.7 Å². The molecule has 29 heavy (non-hydrogen) atoms. The van der Waals surface area contributed by atoms with Gasteiger partial charge in [-0.25, -0.2) is 4.99 Å². The standard InChI is InChI=1S/C22H30N4O2S/c1-3-23-22(24-13-5-15-26-14-4-6-21(26)27)25-16-19-11-12-20(29-19)17-7-9-18(28-2)10-8-17/h7-12H,3-6,13-16H2,1-2H3,(H2,23,24,25). The Morgan fingerprint density at radius 2 is 2.03 bits per heavy atom. The molecule has 3 rings (SSSR count). The summed E-state index contributed by atoms with van der Waals surface area (Å²) in [5.74, 6) is 1.97. The lowest BCUT2D eigenvalue weighted by molar-refractivity contribution is -0.127. The zero-order valence-corrected chi connectivity index (χ0v) is 18.1. The molecule has 0 radical (unpaired) electrons. The molecule has 1 fully saturated rings. The summed E-state index contributed by atoms with van der Waals surface area (Å²) in [4.78, 5) is 20.8. The van der Waals surface area contributed by atoms with Crippen LogP contribution in [0.1, 0.15) is 31.1 Å². The number of rotatable bonds is 9. The van der Waals surface area contributed by atoms with E-state index in [-0.39, 0.29) is 5.91 Å². The highest BCUT2D eigenvalue weighted by atomic mass is 32.1. The van der Waals surface area contributed by atoms with Crippen LogP contribution < -0.4 is 15.4 Å². The Morgan fingerprint density at radius 3 is 2.72 bits per heavy atom. The summed E-state index contributed by atoms with van der Waals surface area (Å²) in [6.45, 7) is 6.05. The second kappa shape index (κ2) is 10.9. The highest BCUT2D eigenvalue weighted by Crippen LogP contribution is 2.29. The Bertz CT molecular complexity index is 816. The summed E-state index contributed by atoms with van der Waals surface area (Å²) in [5.41, 5.74) is 1.19. The highest BCUT2D eigenvalue weighted by Gasteiger charge is 2.18. The molecule has 2 aromatic rings. The van der Waals surface area contributed by atoms with Crippen molar-refractivity contribution in [2.75, 3.05) is 33.3 Å². The van der Waals surface area contributed by atoms with Gasteiger partial charge in [0.25, 0.3) is 0 Å². The van der Waals surface area contributed by atoms with E-state index in [2.05, 4.69) is 41.8 Å².